The van der Waals surface area contributed by atoms with Gasteiger partial charge in [-0.2, -0.15) is 13.2 Å². The Kier molecular flexibility index (Phi) is 5.90. The average molecular weight is 519 g/mol. The van der Waals surface area contributed by atoms with Crippen molar-refractivity contribution >= 4 is 5.91 Å². The maximum Gasteiger partial charge on any atom is 0.416 e. The van der Waals surface area contributed by atoms with Gasteiger partial charge in [-0.3, -0.25) is 4.79 Å². The van der Waals surface area contributed by atoms with Crippen LogP contribution < -0.4 is 0 Å². The molecule has 37 heavy (non-hydrogen) atoms. The first-order valence-corrected chi connectivity index (χ1v) is 13.3. The van der Waals surface area contributed by atoms with Crippen LogP contribution in [-0.4, -0.2) is 40.9 Å². The molecule has 0 N–H and O–H groups in total. The number of likely N-dealkylation sites (tertiary alicyclic amines) is 1. The van der Waals surface area contributed by atoms with Gasteiger partial charge in [0.2, 0.25) is 5.91 Å². The van der Waals surface area contributed by atoms with Crippen LogP contribution >= 0.6 is 0 Å². The molecular weight excluding hydrogens is 487 g/mol. The Morgan fingerprint density at radius 3 is 2.38 bits per heavy atom. The van der Waals surface area contributed by atoms with Gasteiger partial charge in [-0.15, -0.1) is 0 Å². The molecular formula is C29H31F5N2O. The molecule has 4 unspecified atom stereocenters. The first kappa shape index (κ1) is 24.8. The van der Waals surface area contributed by atoms with Crippen molar-refractivity contribution in [2.24, 2.45) is 11.3 Å². The van der Waals surface area contributed by atoms with Gasteiger partial charge in [0.1, 0.15) is 11.6 Å². The molecule has 0 radical (unpaired) electrons. The maximum absolute atomic E-state index is 14.8. The lowest BCUT2D eigenvalue weighted by atomic mass is 9.73. The molecule has 1 aliphatic carbocycles. The van der Waals surface area contributed by atoms with Crippen LogP contribution in [0.1, 0.15) is 67.2 Å². The quantitative estimate of drug-likeness (QED) is 0.436. The minimum Gasteiger partial charge on any atom is -0.334 e. The third-order valence-corrected chi connectivity index (χ3v) is 9.82. The van der Waals surface area contributed by atoms with Crippen LogP contribution in [0.3, 0.4) is 0 Å². The van der Waals surface area contributed by atoms with E-state index in [9.17, 15) is 26.7 Å². The second kappa shape index (κ2) is 8.79. The molecule has 3 heterocycles. The highest BCUT2D eigenvalue weighted by Crippen LogP contribution is 2.56. The van der Waals surface area contributed by atoms with Crippen LogP contribution in [0.5, 0.6) is 0 Å². The van der Waals surface area contributed by atoms with Gasteiger partial charge in [-0.05, 0) is 104 Å². The molecule has 1 saturated carbocycles. The van der Waals surface area contributed by atoms with Crippen molar-refractivity contribution in [3.8, 4) is 0 Å². The zero-order valence-corrected chi connectivity index (χ0v) is 20.8. The third kappa shape index (κ3) is 4.06. The smallest absolute Gasteiger partial charge is 0.334 e. The van der Waals surface area contributed by atoms with Crippen molar-refractivity contribution < 1.29 is 26.7 Å². The number of halogens is 5. The van der Waals surface area contributed by atoms with Crippen molar-refractivity contribution in [2.45, 2.75) is 76.2 Å². The lowest BCUT2D eigenvalue weighted by molar-refractivity contribution is -0.138. The highest BCUT2D eigenvalue weighted by Gasteiger charge is 2.61. The lowest BCUT2D eigenvalue weighted by Crippen LogP contribution is -2.42. The molecule has 6 rings (SSSR count). The van der Waals surface area contributed by atoms with Gasteiger partial charge in [0.25, 0.3) is 0 Å². The fourth-order valence-electron chi connectivity index (χ4n) is 7.67. The van der Waals surface area contributed by atoms with Crippen LogP contribution in [0.4, 0.5) is 22.0 Å². The molecule has 198 valence electrons. The molecule has 2 saturated heterocycles. The number of hydrogen-bond acceptors (Lipinski definition) is 2. The van der Waals surface area contributed by atoms with E-state index in [0.717, 1.165) is 51.3 Å². The molecule has 3 aliphatic heterocycles. The Bertz CT molecular complexity index is 1200. The second-order valence-corrected chi connectivity index (χ2v) is 11.5. The Balaban J connectivity index is 1.16. The molecule has 8 heteroatoms. The fraction of sp³-hybridized carbons (Fsp3) is 0.552. The Morgan fingerprint density at radius 1 is 1.00 bits per heavy atom. The summed E-state index contributed by atoms with van der Waals surface area (Å²) in [7, 11) is 0. The minimum absolute atomic E-state index is 0.0107. The van der Waals surface area contributed by atoms with E-state index in [1.54, 1.807) is 4.90 Å². The lowest BCUT2D eigenvalue weighted by Gasteiger charge is -2.37. The topological polar surface area (TPSA) is 23.6 Å². The van der Waals surface area contributed by atoms with E-state index in [4.69, 9.17) is 0 Å². The normalized spacial score (nSPS) is 30.7. The van der Waals surface area contributed by atoms with Crippen molar-refractivity contribution in [1.82, 2.24) is 9.80 Å². The summed E-state index contributed by atoms with van der Waals surface area (Å²) >= 11 is 0. The average Bonchev–Trinajstić information content (AvgIpc) is 3.40. The summed E-state index contributed by atoms with van der Waals surface area (Å²) in [6.07, 6.45) is 0.0359. The van der Waals surface area contributed by atoms with E-state index in [1.807, 2.05) is 12.1 Å². The summed E-state index contributed by atoms with van der Waals surface area (Å²) in [5, 5.41) is 0. The molecule has 1 spiro atoms. The van der Waals surface area contributed by atoms with Gasteiger partial charge in [0, 0.05) is 18.6 Å². The molecule has 3 fully saturated rings. The number of carbonyl (C=O) groups is 1. The standard InChI is InChI=1S/C29H31F5N2O/c1-17-26-14-24-20(12-21(13-25(24)31)29(32,33)34)16-36(26)27(37)28(17)9-6-23(15-28)35-10-7-19(8-11-35)18-2-4-22(30)5-3-18/h2-5,12-13,17,19,23,26H,6-11,14-16H2,1H3. The first-order chi connectivity index (χ1) is 17.6. The van der Waals surface area contributed by atoms with E-state index < -0.39 is 23.0 Å². The minimum atomic E-state index is -4.63. The molecule has 2 aromatic carbocycles. The van der Waals surface area contributed by atoms with E-state index in [-0.39, 0.29) is 48.3 Å². The molecule has 1 amide bonds. The van der Waals surface area contributed by atoms with Crippen molar-refractivity contribution in [2.75, 3.05) is 13.1 Å². The molecule has 4 aliphatic rings. The van der Waals surface area contributed by atoms with Crippen LogP contribution in [0.2, 0.25) is 0 Å². The highest BCUT2D eigenvalue weighted by molar-refractivity contribution is 5.87. The zero-order chi connectivity index (χ0) is 26.1. The number of alkyl halides is 3. The van der Waals surface area contributed by atoms with Gasteiger partial charge >= 0.3 is 6.18 Å². The molecule has 0 bridgehead atoms. The summed E-state index contributed by atoms with van der Waals surface area (Å²) in [4.78, 5) is 18.0. The number of carbonyl (C=O) groups excluding carboxylic acids is 1. The monoisotopic (exact) mass is 518 g/mol. The van der Waals surface area contributed by atoms with Crippen LogP contribution in [0.25, 0.3) is 0 Å². The summed E-state index contributed by atoms with van der Waals surface area (Å²) in [5.74, 6) is -0.605. The van der Waals surface area contributed by atoms with Crippen molar-refractivity contribution in [3.05, 3.63) is 70.3 Å². The maximum atomic E-state index is 14.8. The largest absolute Gasteiger partial charge is 0.416 e. The Hall–Kier alpha value is -2.48. The number of benzene rings is 2. The van der Waals surface area contributed by atoms with Gasteiger partial charge in [0.15, 0.2) is 0 Å². The number of amides is 1. The Labute approximate surface area is 213 Å². The van der Waals surface area contributed by atoms with Gasteiger partial charge in [-0.1, -0.05) is 19.1 Å². The van der Waals surface area contributed by atoms with E-state index >= 15 is 0 Å². The van der Waals surface area contributed by atoms with Crippen LogP contribution in [0.15, 0.2) is 36.4 Å². The number of rotatable bonds is 2. The second-order valence-electron chi connectivity index (χ2n) is 11.5. The summed E-state index contributed by atoms with van der Waals surface area (Å²) in [6.45, 7) is 3.96. The molecule has 2 aromatic rings. The van der Waals surface area contributed by atoms with E-state index in [1.165, 1.54) is 17.7 Å². The first-order valence-electron chi connectivity index (χ1n) is 13.3. The van der Waals surface area contributed by atoms with Crippen molar-refractivity contribution in [1.29, 1.82) is 0 Å². The predicted octanol–water partition coefficient (Wildman–Crippen LogP) is 6.31. The van der Waals surface area contributed by atoms with Crippen LogP contribution in [0, 0.1) is 23.0 Å². The number of hydrogen-bond donors (Lipinski definition) is 0. The molecule has 0 aromatic heterocycles. The summed E-state index contributed by atoms with van der Waals surface area (Å²) in [5.41, 5.74) is 0.235. The SMILES string of the molecule is CC1C2Cc3c(F)cc(C(F)(F)F)cc3CN2C(=O)C12CCC(N1CCC(c3ccc(F)cc3)CC1)C2. The number of nitrogens with zero attached hydrogens (tertiary/aromatic N) is 2. The van der Waals surface area contributed by atoms with Gasteiger partial charge in [0.05, 0.1) is 11.0 Å². The fourth-order valence-corrected chi connectivity index (χ4v) is 7.67. The number of piperidine rings is 1. The van der Waals surface area contributed by atoms with Crippen LogP contribution in [-0.2, 0) is 23.9 Å². The van der Waals surface area contributed by atoms with Gasteiger partial charge in [-0.25, -0.2) is 8.78 Å². The van der Waals surface area contributed by atoms with Crippen molar-refractivity contribution in [3.63, 3.8) is 0 Å². The predicted molar refractivity (Wildman–Crippen MR) is 129 cm³/mol. The van der Waals surface area contributed by atoms with E-state index in [2.05, 4.69) is 11.8 Å². The van der Waals surface area contributed by atoms with E-state index in [0.29, 0.717) is 17.5 Å². The molecule has 4 atom stereocenters. The Morgan fingerprint density at radius 2 is 1.70 bits per heavy atom. The zero-order valence-electron chi connectivity index (χ0n) is 20.8. The van der Waals surface area contributed by atoms with Gasteiger partial charge < -0.3 is 9.80 Å². The summed E-state index contributed by atoms with van der Waals surface area (Å²) < 4.78 is 67.9. The molecule has 3 nitrogen and oxygen atoms in total. The summed E-state index contributed by atoms with van der Waals surface area (Å²) in [6, 6.07) is 8.47. The third-order valence-electron chi connectivity index (χ3n) is 9.82. The number of fused-ring (bicyclic) bond motifs is 2. The highest BCUT2D eigenvalue weighted by atomic mass is 19.4.